The van der Waals surface area contributed by atoms with E-state index in [2.05, 4.69) is 20.4 Å². The van der Waals surface area contributed by atoms with E-state index in [1.807, 2.05) is 4.90 Å². The highest BCUT2D eigenvalue weighted by Gasteiger charge is 2.40. The number of nitrogens with zero attached hydrogens (tertiary/aromatic N) is 5. The summed E-state index contributed by atoms with van der Waals surface area (Å²) in [7, 11) is 1.38. The average molecular weight is 564 g/mol. The zero-order chi connectivity index (χ0) is 28.2. The molecule has 5 heterocycles. The molecule has 2 aromatic heterocycles. The van der Waals surface area contributed by atoms with Crippen LogP contribution in [0, 0.1) is 5.82 Å². The maximum atomic E-state index is 15.0. The second kappa shape index (κ2) is 9.80. The van der Waals surface area contributed by atoms with E-state index in [1.165, 1.54) is 7.11 Å². The fourth-order valence-electron chi connectivity index (χ4n) is 5.31. The minimum Gasteiger partial charge on any atom is -0.487 e. The summed E-state index contributed by atoms with van der Waals surface area (Å²) in [4.78, 5) is 23.4. The molecule has 3 N–H and O–H groups in total. The van der Waals surface area contributed by atoms with Gasteiger partial charge in [-0.25, -0.2) is 4.39 Å². The smallest absolute Gasteiger partial charge is 0.416 e. The van der Waals surface area contributed by atoms with Crippen molar-refractivity contribution in [3.05, 3.63) is 51.7 Å². The number of hydrogen-bond donors (Lipinski definition) is 2. The number of benzene rings is 1. The molecule has 11 nitrogen and oxygen atoms in total. The van der Waals surface area contributed by atoms with Crippen LogP contribution in [0.25, 0.3) is 0 Å². The molecule has 212 valence electrons. The van der Waals surface area contributed by atoms with E-state index < -0.39 is 34.9 Å². The Bertz CT molecular complexity index is 1490. The van der Waals surface area contributed by atoms with Crippen molar-refractivity contribution in [1.82, 2.24) is 25.1 Å². The van der Waals surface area contributed by atoms with Gasteiger partial charge in [-0.3, -0.25) is 9.48 Å². The number of ether oxygens (including phenoxy) is 3. The lowest BCUT2D eigenvalue weighted by Crippen LogP contribution is -2.29. The summed E-state index contributed by atoms with van der Waals surface area (Å²) in [6.07, 6.45) is -5.60. The molecule has 15 heteroatoms. The molecular formula is C25H25F4N7O4. The number of amides is 1. The molecule has 3 aromatic rings. The molecule has 0 saturated carbocycles. The number of alkyl halides is 3. The Kier molecular flexibility index (Phi) is 6.40. The third-order valence-corrected chi connectivity index (χ3v) is 7.17. The van der Waals surface area contributed by atoms with Crippen LogP contribution in [0.5, 0.6) is 11.8 Å². The number of aromatic nitrogens is 4. The van der Waals surface area contributed by atoms with Gasteiger partial charge in [-0.2, -0.15) is 28.2 Å². The number of carbonyl (C=O) groups is 1. The Hall–Kier alpha value is -4.14. The molecule has 1 atom stereocenters. The van der Waals surface area contributed by atoms with E-state index in [0.717, 1.165) is 12.1 Å². The van der Waals surface area contributed by atoms with E-state index in [1.54, 1.807) is 4.68 Å². The van der Waals surface area contributed by atoms with E-state index in [-0.39, 0.29) is 37.2 Å². The molecule has 0 saturated heterocycles. The van der Waals surface area contributed by atoms with Gasteiger partial charge in [-0.1, -0.05) is 0 Å². The van der Waals surface area contributed by atoms with Gasteiger partial charge in [0.25, 0.3) is 5.91 Å². The lowest BCUT2D eigenvalue weighted by Gasteiger charge is -2.31. The molecule has 0 unspecified atom stereocenters. The van der Waals surface area contributed by atoms with Gasteiger partial charge >= 0.3 is 12.2 Å². The fourth-order valence-corrected chi connectivity index (χ4v) is 5.31. The summed E-state index contributed by atoms with van der Waals surface area (Å²) in [6, 6.07) is 1.65. The largest absolute Gasteiger partial charge is 0.487 e. The molecule has 40 heavy (non-hydrogen) atoms. The molecule has 0 aliphatic carbocycles. The topological polar surface area (TPSA) is 130 Å². The van der Waals surface area contributed by atoms with E-state index >= 15 is 0 Å². The minimum absolute atomic E-state index is 0.00528. The monoisotopic (exact) mass is 563 g/mol. The molecular weight excluding hydrogens is 538 g/mol. The molecule has 1 amide bonds. The summed E-state index contributed by atoms with van der Waals surface area (Å²) in [5.74, 6) is -0.613. The van der Waals surface area contributed by atoms with Crippen LogP contribution in [0.1, 0.15) is 51.1 Å². The Balaban J connectivity index is 1.38. The van der Waals surface area contributed by atoms with Gasteiger partial charge in [0.05, 0.1) is 49.9 Å². The van der Waals surface area contributed by atoms with Crippen LogP contribution in [0.4, 0.5) is 29.1 Å². The summed E-state index contributed by atoms with van der Waals surface area (Å²) in [5.41, 5.74) is 5.24. The van der Waals surface area contributed by atoms with E-state index in [4.69, 9.17) is 19.9 Å². The van der Waals surface area contributed by atoms with Gasteiger partial charge in [-0.15, -0.1) is 0 Å². The first kappa shape index (κ1) is 26.1. The van der Waals surface area contributed by atoms with Gasteiger partial charge in [-0.05, 0) is 18.6 Å². The molecule has 0 bridgehead atoms. The number of nitrogens with two attached hydrogens (primary N) is 1. The number of carbonyl (C=O) groups excluding carboxylic acids is 1. The minimum atomic E-state index is -4.81. The van der Waals surface area contributed by atoms with Crippen molar-refractivity contribution in [2.75, 3.05) is 37.4 Å². The summed E-state index contributed by atoms with van der Waals surface area (Å²) in [6.45, 7) is 1.85. The first-order valence-electron chi connectivity index (χ1n) is 12.6. The predicted molar refractivity (Wildman–Crippen MR) is 131 cm³/mol. The first-order chi connectivity index (χ1) is 19.2. The summed E-state index contributed by atoms with van der Waals surface area (Å²) < 4.78 is 75.1. The van der Waals surface area contributed by atoms with Crippen molar-refractivity contribution in [2.45, 2.75) is 44.8 Å². The molecule has 3 aliphatic rings. The SMILES string of the molecule is COc1nc2c(c(N3CCCn4nc5c(c4C3)OCCNC5=O)n1)CO[C@@H](c1c(C(F)(F)F)ccc(N)c1F)C2. The third kappa shape index (κ3) is 4.43. The maximum absolute atomic E-state index is 15.0. The number of methoxy groups -OCH3 is 1. The van der Waals surface area contributed by atoms with Crippen molar-refractivity contribution in [2.24, 2.45) is 0 Å². The van der Waals surface area contributed by atoms with Gasteiger partial charge < -0.3 is 30.2 Å². The quantitative estimate of drug-likeness (QED) is 0.365. The Labute approximate surface area is 225 Å². The molecule has 0 radical (unpaired) electrons. The van der Waals surface area contributed by atoms with Crippen molar-refractivity contribution in [1.29, 1.82) is 0 Å². The Morgan fingerprint density at radius 1 is 1.23 bits per heavy atom. The zero-order valence-corrected chi connectivity index (χ0v) is 21.3. The highest BCUT2D eigenvalue weighted by atomic mass is 19.4. The van der Waals surface area contributed by atoms with Crippen molar-refractivity contribution < 1.29 is 36.6 Å². The van der Waals surface area contributed by atoms with Crippen LogP contribution < -0.4 is 25.4 Å². The van der Waals surface area contributed by atoms with Gasteiger partial charge in [0.1, 0.15) is 18.1 Å². The average Bonchev–Trinajstić information content (AvgIpc) is 3.04. The summed E-state index contributed by atoms with van der Waals surface area (Å²) >= 11 is 0. The number of anilines is 2. The second-order valence-corrected chi connectivity index (χ2v) is 9.62. The highest BCUT2D eigenvalue weighted by molar-refractivity contribution is 5.95. The second-order valence-electron chi connectivity index (χ2n) is 9.62. The number of aryl methyl sites for hydroxylation is 1. The van der Waals surface area contributed by atoms with Gasteiger partial charge in [0.2, 0.25) is 0 Å². The van der Waals surface area contributed by atoms with Crippen molar-refractivity contribution in [3.63, 3.8) is 0 Å². The lowest BCUT2D eigenvalue weighted by atomic mass is 9.94. The highest BCUT2D eigenvalue weighted by Crippen LogP contribution is 2.43. The Morgan fingerprint density at radius 3 is 2.83 bits per heavy atom. The predicted octanol–water partition coefficient (Wildman–Crippen LogP) is 2.77. The molecule has 1 aromatic carbocycles. The van der Waals surface area contributed by atoms with Crippen LogP contribution in [0.2, 0.25) is 0 Å². The van der Waals surface area contributed by atoms with Crippen molar-refractivity contribution >= 4 is 17.4 Å². The van der Waals surface area contributed by atoms with Crippen LogP contribution in [-0.4, -0.2) is 52.5 Å². The lowest BCUT2D eigenvalue weighted by molar-refractivity contribution is -0.140. The number of halogens is 4. The van der Waals surface area contributed by atoms with E-state index in [9.17, 15) is 22.4 Å². The number of rotatable bonds is 3. The molecule has 3 aliphatic heterocycles. The molecule has 6 rings (SSSR count). The van der Waals surface area contributed by atoms with E-state index in [0.29, 0.717) is 61.2 Å². The van der Waals surface area contributed by atoms with Gasteiger partial charge in [0, 0.05) is 30.6 Å². The number of fused-ring (bicyclic) bond motifs is 4. The summed E-state index contributed by atoms with van der Waals surface area (Å²) in [5, 5.41) is 7.21. The van der Waals surface area contributed by atoms with Crippen molar-refractivity contribution in [3.8, 4) is 11.8 Å². The standard InChI is InChI=1S/C25H25F4N7O4/c1-38-24-32-15-9-17(18-13(25(27,28)29)3-4-14(30)19(18)26)40-11-12(15)22(33-24)35-6-2-7-36-16(10-35)21-20(34-36)23(37)31-5-8-39-21/h3-4,17H,2,5-11,30H2,1H3,(H,31,37)/t17-/m1/s1. The zero-order valence-electron chi connectivity index (χ0n) is 21.3. The first-order valence-corrected chi connectivity index (χ1v) is 12.6. The maximum Gasteiger partial charge on any atom is 0.416 e. The van der Waals surface area contributed by atoms with Gasteiger partial charge in [0.15, 0.2) is 17.3 Å². The third-order valence-electron chi connectivity index (χ3n) is 7.17. The molecule has 0 spiro atoms. The van der Waals surface area contributed by atoms with Crippen LogP contribution in [-0.2, 0) is 37.0 Å². The fraction of sp³-hybridized carbons (Fsp3) is 0.440. The number of hydrogen-bond acceptors (Lipinski definition) is 9. The van der Waals surface area contributed by atoms with Crippen LogP contribution in [0.3, 0.4) is 0 Å². The molecule has 0 fully saturated rings. The normalized spacial score (nSPS) is 19.0. The Morgan fingerprint density at radius 2 is 2.05 bits per heavy atom. The number of nitrogen functional groups attached to an aromatic ring is 1. The number of nitrogens with one attached hydrogen (secondary N) is 1. The van der Waals surface area contributed by atoms with Crippen LogP contribution in [0.15, 0.2) is 12.1 Å². The van der Waals surface area contributed by atoms with Crippen LogP contribution >= 0.6 is 0 Å².